The largest absolute Gasteiger partial charge is 0.324 e. The fourth-order valence-corrected chi connectivity index (χ4v) is 1.15. The first-order valence-electron chi connectivity index (χ1n) is 3.91. The molecule has 1 heterocycles. The molecule has 4 heteroatoms. The molecule has 0 radical (unpaired) electrons. The summed E-state index contributed by atoms with van der Waals surface area (Å²) in [5.74, 6) is 0.118. The van der Waals surface area contributed by atoms with Gasteiger partial charge in [0.1, 0.15) is 17.2 Å². The third-order valence-corrected chi connectivity index (χ3v) is 1.79. The van der Waals surface area contributed by atoms with Crippen LogP contribution in [-0.4, -0.2) is 9.97 Å². The number of nitrogens with two attached hydrogens (primary N) is 1. The number of halogens is 1. The number of rotatable bonds is 1. The molecule has 0 unspecified atom stereocenters. The zero-order valence-corrected chi connectivity index (χ0v) is 6.87. The van der Waals surface area contributed by atoms with Gasteiger partial charge in [-0.3, -0.25) is 0 Å². The summed E-state index contributed by atoms with van der Waals surface area (Å²) in [6.07, 6.45) is 1.58. The lowest BCUT2D eigenvalue weighted by atomic mass is 10.2. The second-order valence-electron chi connectivity index (χ2n) is 2.67. The zero-order chi connectivity index (χ0) is 9.26. The first kappa shape index (κ1) is 8.07. The molecule has 0 bridgehead atoms. The number of hydrogen-bond donors (Lipinski definition) is 1. The van der Waals surface area contributed by atoms with E-state index in [9.17, 15) is 4.39 Å². The number of para-hydroxylation sites is 1. The highest BCUT2D eigenvalue weighted by Gasteiger charge is 2.02. The van der Waals surface area contributed by atoms with Gasteiger partial charge in [-0.2, -0.15) is 0 Å². The second kappa shape index (κ2) is 3.06. The van der Waals surface area contributed by atoms with Crippen molar-refractivity contribution in [3.8, 4) is 0 Å². The molecule has 0 saturated heterocycles. The Morgan fingerprint density at radius 3 is 3.00 bits per heavy atom. The molecule has 2 rings (SSSR count). The van der Waals surface area contributed by atoms with E-state index < -0.39 is 0 Å². The molecule has 0 aliphatic heterocycles. The highest BCUT2D eigenvalue weighted by atomic mass is 19.1. The maximum Gasteiger partial charge on any atom is 0.149 e. The maximum absolute atomic E-state index is 13.2. The van der Waals surface area contributed by atoms with Crippen LogP contribution in [-0.2, 0) is 6.54 Å². The fourth-order valence-electron chi connectivity index (χ4n) is 1.15. The van der Waals surface area contributed by atoms with Gasteiger partial charge in [0.15, 0.2) is 0 Å². The average molecular weight is 177 g/mol. The minimum Gasteiger partial charge on any atom is -0.324 e. The summed E-state index contributed by atoms with van der Waals surface area (Å²) < 4.78 is 13.2. The third kappa shape index (κ3) is 1.36. The van der Waals surface area contributed by atoms with Crippen molar-refractivity contribution >= 4 is 10.9 Å². The van der Waals surface area contributed by atoms with Gasteiger partial charge in [-0.15, -0.1) is 0 Å². The summed E-state index contributed by atoms with van der Waals surface area (Å²) in [6.45, 7) is 0.226. The van der Waals surface area contributed by atoms with Crippen LogP contribution in [0, 0.1) is 5.82 Å². The average Bonchev–Trinajstić information content (AvgIpc) is 2.18. The smallest absolute Gasteiger partial charge is 0.149 e. The quantitative estimate of drug-likeness (QED) is 0.712. The van der Waals surface area contributed by atoms with Crippen molar-refractivity contribution < 1.29 is 4.39 Å². The van der Waals surface area contributed by atoms with Crippen molar-refractivity contribution in [3.63, 3.8) is 0 Å². The van der Waals surface area contributed by atoms with Crippen LogP contribution in [0.2, 0.25) is 0 Å². The Bertz CT molecular complexity index is 442. The van der Waals surface area contributed by atoms with E-state index in [1.807, 2.05) is 0 Å². The molecule has 13 heavy (non-hydrogen) atoms. The minimum atomic E-state index is -0.338. The van der Waals surface area contributed by atoms with Crippen LogP contribution in [0.1, 0.15) is 5.82 Å². The number of aromatic nitrogens is 2. The Kier molecular flexibility index (Phi) is 1.90. The molecule has 0 aliphatic carbocycles. The predicted molar refractivity (Wildman–Crippen MR) is 47.4 cm³/mol. The van der Waals surface area contributed by atoms with Crippen LogP contribution in [0.15, 0.2) is 24.4 Å². The van der Waals surface area contributed by atoms with E-state index in [1.165, 1.54) is 6.07 Å². The Morgan fingerprint density at radius 2 is 2.23 bits per heavy atom. The maximum atomic E-state index is 13.2. The van der Waals surface area contributed by atoms with Crippen molar-refractivity contribution in [1.29, 1.82) is 0 Å². The minimum absolute atomic E-state index is 0.226. The van der Waals surface area contributed by atoms with E-state index in [0.29, 0.717) is 16.7 Å². The molecule has 0 saturated carbocycles. The molecule has 1 aromatic heterocycles. The topological polar surface area (TPSA) is 51.8 Å². The molecule has 2 aromatic rings. The van der Waals surface area contributed by atoms with Gasteiger partial charge < -0.3 is 5.73 Å². The lowest BCUT2D eigenvalue weighted by Crippen LogP contribution is -2.03. The van der Waals surface area contributed by atoms with Gasteiger partial charge in [-0.1, -0.05) is 12.1 Å². The van der Waals surface area contributed by atoms with Crippen molar-refractivity contribution in [2.45, 2.75) is 6.54 Å². The predicted octanol–water partition coefficient (Wildman–Crippen LogP) is 1.23. The summed E-state index contributed by atoms with van der Waals surface area (Å²) >= 11 is 0. The summed E-state index contributed by atoms with van der Waals surface area (Å²) in [5, 5.41) is 0.692. The number of nitrogens with zero attached hydrogens (tertiary/aromatic N) is 2. The van der Waals surface area contributed by atoms with E-state index in [1.54, 1.807) is 18.3 Å². The fraction of sp³-hybridized carbons (Fsp3) is 0.111. The highest BCUT2D eigenvalue weighted by Crippen LogP contribution is 2.13. The molecule has 2 N–H and O–H groups in total. The first-order chi connectivity index (χ1) is 6.31. The molecule has 0 aliphatic rings. The molecular weight excluding hydrogens is 169 g/mol. The standard InChI is InChI=1S/C9H8FN3/c10-7-3-1-2-6-5-12-8(4-11)13-9(6)7/h1-3,5H,4,11H2. The van der Waals surface area contributed by atoms with E-state index in [-0.39, 0.29) is 12.4 Å². The van der Waals surface area contributed by atoms with Gasteiger partial charge in [0, 0.05) is 11.6 Å². The summed E-state index contributed by atoms with van der Waals surface area (Å²) in [5.41, 5.74) is 5.67. The van der Waals surface area contributed by atoms with Crippen molar-refractivity contribution in [2.24, 2.45) is 5.73 Å². The van der Waals surface area contributed by atoms with Gasteiger partial charge in [-0.25, -0.2) is 14.4 Å². The molecular formula is C9H8FN3. The molecule has 66 valence electrons. The molecule has 0 spiro atoms. The molecule has 0 fully saturated rings. The van der Waals surface area contributed by atoms with E-state index in [4.69, 9.17) is 5.73 Å². The molecule has 0 amide bonds. The monoisotopic (exact) mass is 177 g/mol. The van der Waals surface area contributed by atoms with Crippen LogP contribution >= 0.6 is 0 Å². The summed E-state index contributed by atoms with van der Waals surface area (Å²) in [6, 6.07) is 4.76. The lowest BCUT2D eigenvalue weighted by molar-refractivity contribution is 0.635. The Hall–Kier alpha value is -1.55. The van der Waals surface area contributed by atoms with Gasteiger partial charge in [0.25, 0.3) is 0 Å². The molecule has 3 nitrogen and oxygen atoms in total. The Balaban J connectivity index is 2.74. The first-order valence-corrected chi connectivity index (χ1v) is 3.91. The second-order valence-corrected chi connectivity index (χ2v) is 2.67. The SMILES string of the molecule is NCc1ncc2cccc(F)c2n1. The van der Waals surface area contributed by atoms with Crippen molar-refractivity contribution in [3.05, 3.63) is 36.0 Å². The summed E-state index contributed by atoms with van der Waals surface area (Å²) in [7, 11) is 0. The molecule has 0 atom stereocenters. The van der Waals surface area contributed by atoms with Gasteiger partial charge in [0.05, 0.1) is 6.54 Å². The summed E-state index contributed by atoms with van der Waals surface area (Å²) in [4.78, 5) is 7.95. The van der Waals surface area contributed by atoms with E-state index >= 15 is 0 Å². The molecule has 1 aromatic carbocycles. The van der Waals surface area contributed by atoms with Crippen molar-refractivity contribution in [2.75, 3.05) is 0 Å². The van der Waals surface area contributed by atoms with Crippen LogP contribution < -0.4 is 5.73 Å². The van der Waals surface area contributed by atoms with Gasteiger partial charge in [-0.05, 0) is 6.07 Å². The zero-order valence-electron chi connectivity index (χ0n) is 6.87. The number of fused-ring (bicyclic) bond motifs is 1. The lowest BCUT2D eigenvalue weighted by Gasteiger charge is -1.99. The van der Waals surface area contributed by atoms with Crippen LogP contribution in [0.5, 0.6) is 0 Å². The number of benzene rings is 1. The highest BCUT2D eigenvalue weighted by molar-refractivity contribution is 5.77. The normalized spacial score (nSPS) is 10.6. The Morgan fingerprint density at radius 1 is 1.38 bits per heavy atom. The van der Waals surface area contributed by atoms with E-state index in [2.05, 4.69) is 9.97 Å². The van der Waals surface area contributed by atoms with Crippen molar-refractivity contribution in [1.82, 2.24) is 9.97 Å². The van der Waals surface area contributed by atoms with E-state index in [0.717, 1.165) is 0 Å². The van der Waals surface area contributed by atoms with Crippen LogP contribution in [0.3, 0.4) is 0 Å². The third-order valence-electron chi connectivity index (χ3n) is 1.79. The van der Waals surface area contributed by atoms with Gasteiger partial charge in [0.2, 0.25) is 0 Å². The van der Waals surface area contributed by atoms with Crippen LogP contribution in [0.4, 0.5) is 4.39 Å². The van der Waals surface area contributed by atoms with Crippen LogP contribution in [0.25, 0.3) is 10.9 Å². The Labute approximate surface area is 74.4 Å². The van der Waals surface area contributed by atoms with Gasteiger partial charge >= 0.3 is 0 Å². The number of hydrogen-bond acceptors (Lipinski definition) is 3.